The lowest BCUT2D eigenvalue weighted by molar-refractivity contribution is -0.164. The van der Waals surface area contributed by atoms with Gasteiger partial charge in [0.15, 0.2) is 5.76 Å². The van der Waals surface area contributed by atoms with Crippen molar-refractivity contribution in [2.45, 2.75) is 65.9 Å². The van der Waals surface area contributed by atoms with E-state index in [0.717, 1.165) is 12.8 Å². The van der Waals surface area contributed by atoms with E-state index < -0.39 is 23.4 Å². The summed E-state index contributed by atoms with van der Waals surface area (Å²) in [7, 11) is 0. The van der Waals surface area contributed by atoms with Gasteiger partial charge in [-0.05, 0) is 59.6 Å². The van der Waals surface area contributed by atoms with Crippen LogP contribution >= 0.6 is 0 Å². The fourth-order valence-electron chi connectivity index (χ4n) is 3.95. The van der Waals surface area contributed by atoms with Crippen molar-refractivity contribution in [1.29, 1.82) is 0 Å². The first kappa shape index (κ1) is 23.4. The Kier molecular flexibility index (Phi) is 6.66. The second-order valence-electron chi connectivity index (χ2n) is 9.13. The molecule has 1 aliphatic carbocycles. The van der Waals surface area contributed by atoms with Crippen LogP contribution in [0.15, 0.2) is 16.7 Å². The molecular formula is C23H29N3O6. The van der Waals surface area contributed by atoms with Crippen molar-refractivity contribution in [3.8, 4) is 11.5 Å². The molecule has 0 aliphatic heterocycles. The van der Waals surface area contributed by atoms with Crippen LogP contribution in [-0.4, -0.2) is 38.7 Å². The number of anilines is 1. The lowest BCUT2D eigenvalue weighted by atomic mass is 9.78. The van der Waals surface area contributed by atoms with Gasteiger partial charge < -0.3 is 19.7 Å². The van der Waals surface area contributed by atoms with E-state index in [9.17, 15) is 19.5 Å². The van der Waals surface area contributed by atoms with Crippen LogP contribution in [0.3, 0.4) is 0 Å². The molecule has 9 nitrogen and oxygen atoms in total. The highest BCUT2D eigenvalue weighted by molar-refractivity contribution is 5.97. The Morgan fingerprint density at radius 2 is 1.75 bits per heavy atom. The first-order valence-electron chi connectivity index (χ1n) is 10.7. The number of aromatic nitrogens is 2. The van der Waals surface area contributed by atoms with Gasteiger partial charge in [-0.3, -0.25) is 9.59 Å². The van der Waals surface area contributed by atoms with E-state index in [0.29, 0.717) is 29.9 Å². The first-order valence-corrected chi connectivity index (χ1v) is 10.7. The number of carboxylic acid groups (broad SMARTS) is 1. The Morgan fingerprint density at radius 3 is 2.34 bits per heavy atom. The molecule has 0 aromatic carbocycles. The highest BCUT2D eigenvalue weighted by Gasteiger charge is 2.38. The van der Waals surface area contributed by atoms with E-state index in [-0.39, 0.29) is 28.9 Å². The number of carbonyl (C=O) groups excluding carboxylic acids is 2. The van der Waals surface area contributed by atoms with Crippen molar-refractivity contribution >= 4 is 23.5 Å². The summed E-state index contributed by atoms with van der Waals surface area (Å²) < 4.78 is 10.7. The summed E-state index contributed by atoms with van der Waals surface area (Å²) in [5.41, 5.74) is 0.889. The summed E-state index contributed by atoms with van der Waals surface area (Å²) in [5.74, 6) is -2.64. The summed E-state index contributed by atoms with van der Waals surface area (Å²) >= 11 is 0. The molecular weight excluding hydrogens is 414 g/mol. The van der Waals surface area contributed by atoms with Gasteiger partial charge in [-0.1, -0.05) is 18.0 Å². The van der Waals surface area contributed by atoms with E-state index in [1.807, 2.05) is 20.8 Å². The number of carboxylic acids is 1. The number of amides is 1. The summed E-state index contributed by atoms with van der Waals surface area (Å²) in [6, 6.07) is 3.21. The van der Waals surface area contributed by atoms with Crippen molar-refractivity contribution in [2.75, 3.05) is 5.32 Å². The fourth-order valence-corrected chi connectivity index (χ4v) is 3.95. The third-order valence-corrected chi connectivity index (χ3v) is 5.47. The molecule has 0 saturated heterocycles. The molecule has 2 atom stereocenters. The number of pyridine rings is 1. The highest BCUT2D eigenvalue weighted by atomic mass is 16.6. The Balaban J connectivity index is 1.79. The molecule has 2 heterocycles. The topological polar surface area (TPSA) is 132 Å². The lowest BCUT2D eigenvalue weighted by Gasteiger charge is -2.31. The van der Waals surface area contributed by atoms with Crippen LogP contribution in [0.4, 0.5) is 5.69 Å². The number of rotatable bonds is 5. The predicted octanol–water partition coefficient (Wildman–Crippen LogP) is 4.14. The largest absolute Gasteiger partial charge is 0.477 e. The Labute approximate surface area is 186 Å². The van der Waals surface area contributed by atoms with E-state index in [1.165, 1.54) is 0 Å². The second kappa shape index (κ2) is 9.10. The van der Waals surface area contributed by atoms with Gasteiger partial charge >= 0.3 is 11.9 Å². The minimum Gasteiger partial charge on any atom is -0.477 e. The van der Waals surface area contributed by atoms with Crippen LogP contribution in [0.2, 0.25) is 0 Å². The molecule has 0 unspecified atom stereocenters. The molecule has 1 aliphatic rings. The van der Waals surface area contributed by atoms with Crippen molar-refractivity contribution in [3.63, 3.8) is 0 Å². The SMILES string of the molecule is Cc1nc(-c2onc(C)c2C(=O)O)ccc1NC(=O)[C@H]1CCCC[C@@H]1C(=O)OC(C)(C)C. The number of ether oxygens (including phenoxy) is 1. The molecule has 1 saturated carbocycles. The van der Waals surface area contributed by atoms with Crippen LogP contribution in [-0.2, 0) is 14.3 Å². The van der Waals surface area contributed by atoms with Gasteiger partial charge in [0, 0.05) is 0 Å². The van der Waals surface area contributed by atoms with Crippen molar-refractivity contribution in [3.05, 3.63) is 29.1 Å². The number of hydrogen-bond acceptors (Lipinski definition) is 7. The lowest BCUT2D eigenvalue weighted by Crippen LogP contribution is -2.39. The molecule has 2 N–H and O–H groups in total. The molecule has 1 fully saturated rings. The standard InChI is InChI=1S/C23H29N3O6/c1-12-16(10-11-17(24-12)19-18(21(28)29)13(2)26-32-19)25-20(27)14-8-6-7-9-15(14)22(30)31-23(3,4)5/h10-11,14-15H,6-9H2,1-5H3,(H,25,27)(H,28,29)/t14-,15-/m0/s1. The molecule has 172 valence electrons. The normalized spacial score (nSPS) is 18.8. The highest BCUT2D eigenvalue weighted by Crippen LogP contribution is 2.34. The van der Waals surface area contributed by atoms with Gasteiger partial charge in [0.25, 0.3) is 0 Å². The summed E-state index contributed by atoms with van der Waals surface area (Å²) in [5, 5.41) is 16.0. The number of aryl methyl sites for hydroxylation is 2. The molecule has 32 heavy (non-hydrogen) atoms. The van der Waals surface area contributed by atoms with Crippen molar-refractivity contribution in [1.82, 2.24) is 10.1 Å². The van der Waals surface area contributed by atoms with E-state index >= 15 is 0 Å². The van der Waals surface area contributed by atoms with Gasteiger partial charge in [-0.25, -0.2) is 9.78 Å². The zero-order valence-corrected chi connectivity index (χ0v) is 19.0. The average Bonchev–Trinajstić information content (AvgIpc) is 3.10. The molecule has 0 radical (unpaired) electrons. The zero-order chi connectivity index (χ0) is 23.6. The molecule has 1 amide bonds. The molecule has 2 aromatic rings. The van der Waals surface area contributed by atoms with E-state index in [2.05, 4.69) is 15.5 Å². The monoisotopic (exact) mass is 443 g/mol. The molecule has 0 bridgehead atoms. The minimum atomic E-state index is -1.15. The third-order valence-electron chi connectivity index (χ3n) is 5.47. The van der Waals surface area contributed by atoms with Crippen LogP contribution in [0, 0.1) is 25.7 Å². The van der Waals surface area contributed by atoms with E-state index in [1.54, 1.807) is 26.0 Å². The fraction of sp³-hybridized carbons (Fsp3) is 0.522. The van der Waals surface area contributed by atoms with Crippen LogP contribution in [0.25, 0.3) is 11.5 Å². The Bertz CT molecular complexity index is 1040. The third kappa shape index (κ3) is 5.15. The maximum Gasteiger partial charge on any atom is 0.341 e. The zero-order valence-electron chi connectivity index (χ0n) is 19.0. The Hall–Kier alpha value is -3.23. The maximum atomic E-state index is 13.0. The summed E-state index contributed by atoms with van der Waals surface area (Å²) in [4.78, 5) is 41.6. The number of hydrogen-bond donors (Lipinski definition) is 2. The van der Waals surface area contributed by atoms with Crippen LogP contribution in [0.5, 0.6) is 0 Å². The van der Waals surface area contributed by atoms with Gasteiger partial charge in [0.05, 0.1) is 28.9 Å². The van der Waals surface area contributed by atoms with E-state index in [4.69, 9.17) is 9.26 Å². The van der Waals surface area contributed by atoms with Gasteiger partial charge in [-0.2, -0.15) is 0 Å². The molecule has 9 heteroatoms. The quantitative estimate of drug-likeness (QED) is 0.659. The average molecular weight is 444 g/mol. The molecule has 2 aromatic heterocycles. The number of nitrogens with zero attached hydrogens (tertiary/aromatic N) is 2. The maximum absolute atomic E-state index is 13.0. The number of carbonyl (C=O) groups is 3. The smallest absolute Gasteiger partial charge is 0.341 e. The van der Waals surface area contributed by atoms with Crippen LogP contribution < -0.4 is 5.32 Å². The summed E-state index contributed by atoms with van der Waals surface area (Å²) in [6.45, 7) is 8.68. The second-order valence-corrected chi connectivity index (χ2v) is 9.13. The molecule has 3 rings (SSSR count). The first-order chi connectivity index (χ1) is 15.0. The van der Waals surface area contributed by atoms with Crippen LogP contribution in [0.1, 0.15) is 68.2 Å². The van der Waals surface area contributed by atoms with Gasteiger partial charge in [0.2, 0.25) is 5.91 Å². The van der Waals surface area contributed by atoms with Crippen molar-refractivity contribution < 1.29 is 28.8 Å². The number of aromatic carboxylic acids is 1. The minimum absolute atomic E-state index is 0.0453. The van der Waals surface area contributed by atoms with Gasteiger partial charge in [0.1, 0.15) is 16.9 Å². The number of esters is 1. The van der Waals surface area contributed by atoms with Gasteiger partial charge in [-0.15, -0.1) is 0 Å². The molecule has 0 spiro atoms. The summed E-state index contributed by atoms with van der Waals surface area (Å²) in [6.07, 6.45) is 2.98. The number of nitrogens with one attached hydrogen (secondary N) is 1. The van der Waals surface area contributed by atoms with Crippen molar-refractivity contribution in [2.24, 2.45) is 11.8 Å². The Morgan fingerprint density at radius 1 is 1.09 bits per heavy atom. The predicted molar refractivity (Wildman–Crippen MR) is 116 cm³/mol.